The molecule has 2 saturated carbocycles. The largest absolute Gasteiger partial charge is 0.389 e. The van der Waals surface area contributed by atoms with Crippen LogP contribution in [0.15, 0.2) is 35.7 Å². The van der Waals surface area contributed by atoms with Crippen LogP contribution in [0.5, 0.6) is 0 Å². The van der Waals surface area contributed by atoms with Gasteiger partial charge in [-0.2, -0.15) is 0 Å². The van der Waals surface area contributed by atoms with Crippen LogP contribution in [-0.4, -0.2) is 54.9 Å². The fraction of sp³-hybridized carbons (Fsp3) is 0.400. The number of benzene rings is 1. The highest BCUT2D eigenvalue weighted by atomic mass is 35.5. The minimum Gasteiger partial charge on any atom is -0.389 e. The Kier molecular flexibility index (Phi) is 5.09. The van der Waals surface area contributed by atoms with Crippen molar-refractivity contribution in [1.29, 1.82) is 0 Å². The Hall–Kier alpha value is -3.44. The first-order valence-electron chi connectivity index (χ1n) is 10.3. The van der Waals surface area contributed by atoms with Crippen LogP contribution in [0.3, 0.4) is 0 Å². The van der Waals surface area contributed by atoms with E-state index in [9.17, 15) is 15.0 Å². The molecule has 2 aliphatic rings. The third kappa shape index (κ3) is 3.26. The third-order valence-corrected chi connectivity index (χ3v) is 6.77. The fourth-order valence-electron chi connectivity index (χ4n) is 4.95. The molecule has 1 amide bonds. The minimum absolute atomic E-state index is 0.123. The topological polar surface area (TPSA) is 174 Å². The number of carbonyl (C=O) groups is 1. The molecule has 33 heavy (non-hydrogen) atoms. The van der Waals surface area contributed by atoms with Crippen LogP contribution in [0.2, 0.25) is 5.02 Å². The molecule has 0 bridgehead atoms. The summed E-state index contributed by atoms with van der Waals surface area (Å²) >= 11 is 6.05. The van der Waals surface area contributed by atoms with Gasteiger partial charge >= 0.3 is 0 Å². The van der Waals surface area contributed by atoms with E-state index in [4.69, 9.17) is 17.1 Å². The number of imidazole rings is 1. The number of hydrogen-bond acceptors (Lipinski definition) is 8. The van der Waals surface area contributed by atoms with Crippen LogP contribution in [0.4, 0.5) is 11.8 Å². The summed E-state index contributed by atoms with van der Waals surface area (Å²) < 4.78 is 1.62. The minimum atomic E-state index is -1.22. The summed E-state index contributed by atoms with van der Waals surface area (Å²) in [6.45, 7) is 0.377. The molecule has 0 spiro atoms. The number of aliphatic hydroxyl groups excluding tert-OH is 2. The molecule has 2 heterocycles. The standard InChI is InChI=1S/C20H20ClN9O3/c1-23-18(33)20-6-11(20)13(14(31)15(20)32)30-8-25-12-16(26-19(28-29-22)27-17(12)30)24-7-9-3-2-4-10(21)5-9/h2-5,8,11,13-15,31-32H,6-7H2,1H3,(H,23,33)(H,24,26,27)/t11?,13-,14+,15+,20?/m1/s1. The summed E-state index contributed by atoms with van der Waals surface area (Å²) in [6.07, 6.45) is -0.491. The molecule has 5 rings (SSSR count). The zero-order valence-electron chi connectivity index (χ0n) is 17.4. The second kappa shape index (κ2) is 7.85. The van der Waals surface area contributed by atoms with Gasteiger partial charge in [0.15, 0.2) is 11.5 Å². The lowest BCUT2D eigenvalue weighted by molar-refractivity contribution is -0.132. The van der Waals surface area contributed by atoms with Crippen molar-refractivity contribution in [3.63, 3.8) is 0 Å². The van der Waals surface area contributed by atoms with Crippen LogP contribution in [0.1, 0.15) is 18.0 Å². The molecule has 4 N–H and O–H groups in total. The van der Waals surface area contributed by atoms with Gasteiger partial charge in [0.25, 0.3) is 0 Å². The highest BCUT2D eigenvalue weighted by Gasteiger charge is 2.75. The van der Waals surface area contributed by atoms with Crippen molar-refractivity contribution in [2.45, 2.75) is 31.2 Å². The van der Waals surface area contributed by atoms with Crippen molar-refractivity contribution >= 4 is 40.4 Å². The Morgan fingerprint density at radius 1 is 1.42 bits per heavy atom. The molecule has 5 atom stereocenters. The van der Waals surface area contributed by atoms with Gasteiger partial charge in [-0.15, -0.1) is 0 Å². The van der Waals surface area contributed by atoms with Crippen LogP contribution in [0.25, 0.3) is 21.6 Å². The Morgan fingerprint density at radius 3 is 2.97 bits per heavy atom. The lowest BCUT2D eigenvalue weighted by Gasteiger charge is -2.23. The zero-order chi connectivity index (χ0) is 23.3. The number of hydrogen-bond donors (Lipinski definition) is 4. The molecule has 1 aromatic carbocycles. The van der Waals surface area contributed by atoms with Gasteiger partial charge in [0.1, 0.15) is 11.6 Å². The molecular formula is C20H20ClN9O3. The number of anilines is 1. The quantitative estimate of drug-likeness (QED) is 0.242. The number of azide groups is 1. The zero-order valence-corrected chi connectivity index (χ0v) is 18.2. The molecule has 13 heteroatoms. The molecule has 170 valence electrons. The summed E-state index contributed by atoms with van der Waals surface area (Å²) in [7, 11) is 1.50. The smallest absolute Gasteiger partial charge is 0.229 e. The van der Waals surface area contributed by atoms with Gasteiger partial charge in [-0.25, -0.2) is 15.0 Å². The van der Waals surface area contributed by atoms with Crippen LogP contribution in [-0.2, 0) is 11.3 Å². The lowest BCUT2D eigenvalue weighted by atomic mass is 9.98. The Bertz CT molecular complexity index is 1310. The fourth-order valence-corrected chi connectivity index (χ4v) is 5.16. The summed E-state index contributed by atoms with van der Waals surface area (Å²) in [5.74, 6) is -0.385. The number of aliphatic hydroxyl groups is 2. The van der Waals surface area contributed by atoms with Crippen molar-refractivity contribution in [1.82, 2.24) is 24.8 Å². The maximum absolute atomic E-state index is 12.4. The molecule has 12 nitrogen and oxygen atoms in total. The molecule has 0 saturated heterocycles. The average molecular weight is 470 g/mol. The van der Waals surface area contributed by atoms with Crippen molar-refractivity contribution in [3.8, 4) is 0 Å². The molecular weight excluding hydrogens is 450 g/mol. The van der Waals surface area contributed by atoms with Crippen LogP contribution in [0, 0.1) is 11.3 Å². The monoisotopic (exact) mass is 469 g/mol. The van der Waals surface area contributed by atoms with E-state index in [0.29, 0.717) is 35.0 Å². The van der Waals surface area contributed by atoms with Gasteiger partial charge in [-0.05, 0) is 34.8 Å². The second-order valence-electron chi connectivity index (χ2n) is 8.23. The predicted molar refractivity (Wildman–Crippen MR) is 119 cm³/mol. The molecule has 0 radical (unpaired) electrons. The summed E-state index contributed by atoms with van der Waals surface area (Å²) in [6, 6.07) is 6.67. The number of aromatic nitrogens is 4. The van der Waals surface area contributed by atoms with Crippen molar-refractivity contribution in [2.75, 3.05) is 12.4 Å². The number of halogens is 1. The molecule has 2 fully saturated rings. The second-order valence-corrected chi connectivity index (χ2v) is 8.66. The van der Waals surface area contributed by atoms with E-state index in [2.05, 4.69) is 35.6 Å². The maximum Gasteiger partial charge on any atom is 0.229 e. The van der Waals surface area contributed by atoms with E-state index in [1.165, 1.54) is 13.4 Å². The van der Waals surface area contributed by atoms with Crippen molar-refractivity contribution in [2.24, 2.45) is 16.4 Å². The molecule has 2 unspecified atom stereocenters. The van der Waals surface area contributed by atoms with Gasteiger partial charge in [0.05, 0.1) is 23.9 Å². The average Bonchev–Trinajstić information content (AvgIpc) is 3.34. The number of rotatable bonds is 6. The van der Waals surface area contributed by atoms with Gasteiger partial charge in [-0.1, -0.05) is 23.7 Å². The molecule has 2 aliphatic carbocycles. The summed E-state index contributed by atoms with van der Waals surface area (Å²) in [4.78, 5) is 28.2. The number of nitrogens with zero attached hydrogens (tertiary/aromatic N) is 7. The van der Waals surface area contributed by atoms with E-state index in [1.807, 2.05) is 18.2 Å². The number of carbonyl (C=O) groups excluding carboxylic acids is 1. The van der Waals surface area contributed by atoms with Crippen molar-refractivity contribution < 1.29 is 15.0 Å². The third-order valence-electron chi connectivity index (χ3n) is 6.54. The first-order chi connectivity index (χ1) is 15.9. The Balaban J connectivity index is 1.54. The molecule has 2 aromatic heterocycles. The SMILES string of the molecule is CNC(=O)C12CC1[C@@H](n1cnc3c(NCc4cccc(Cl)c4)nc(N=[N+]=[N-])nc31)[C@H](O)[C@@H]2O. The van der Waals surface area contributed by atoms with E-state index in [0.717, 1.165) is 5.56 Å². The summed E-state index contributed by atoms with van der Waals surface area (Å²) in [5, 5.41) is 31.3. The highest BCUT2D eigenvalue weighted by molar-refractivity contribution is 6.30. The van der Waals surface area contributed by atoms with Gasteiger partial charge in [-0.3, -0.25) is 4.79 Å². The number of amides is 1. The van der Waals surface area contributed by atoms with E-state index < -0.39 is 23.7 Å². The Labute approximate surface area is 192 Å². The number of fused-ring (bicyclic) bond motifs is 2. The predicted octanol–water partition coefficient (Wildman–Crippen LogP) is 2.06. The Morgan fingerprint density at radius 2 is 2.24 bits per heavy atom. The van der Waals surface area contributed by atoms with Crippen LogP contribution >= 0.6 is 11.6 Å². The van der Waals surface area contributed by atoms with Crippen molar-refractivity contribution in [3.05, 3.63) is 51.6 Å². The van der Waals surface area contributed by atoms with E-state index >= 15 is 0 Å². The van der Waals surface area contributed by atoms with Gasteiger partial charge in [0.2, 0.25) is 11.9 Å². The summed E-state index contributed by atoms with van der Waals surface area (Å²) in [5.41, 5.74) is 9.48. The van der Waals surface area contributed by atoms with Gasteiger partial charge < -0.3 is 25.4 Å². The maximum atomic E-state index is 12.4. The molecule has 0 aliphatic heterocycles. The van der Waals surface area contributed by atoms with E-state index in [1.54, 1.807) is 10.6 Å². The first kappa shape index (κ1) is 21.4. The van der Waals surface area contributed by atoms with E-state index in [-0.39, 0.29) is 17.8 Å². The lowest BCUT2D eigenvalue weighted by Crippen LogP contribution is -2.41. The molecule has 3 aromatic rings. The van der Waals surface area contributed by atoms with Gasteiger partial charge in [0, 0.05) is 29.4 Å². The highest BCUT2D eigenvalue weighted by Crippen LogP contribution is 2.67. The normalized spacial score (nSPS) is 27.6. The number of nitrogens with one attached hydrogen (secondary N) is 2. The van der Waals surface area contributed by atoms with Crippen LogP contribution < -0.4 is 10.6 Å². The first-order valence-corrected chi connectivity index (χ1v) is 10.6.